The van der Waals surface area contributed by atoms with E-state index in [1.54, 1.807) is 24.3 Å². The zero-order chi connectivity index (χ0) is 16.7. The maximum Gasteiger partial charge on any atom is 0.335 e. The fourth-order valence-electron chi connectivity index (χ4n) is 2.35. The molecule has 122 valence electrons. The van der Waals surface area contributed by atoms with Gasteiger partial charge >= 0.3 is 5.97 Å². The number of benzene rings is 1. The highest BCUT2D eigenvalue weighted by molar-refractivity contribution is 9.11. The maximum absolute atomic E-state index is 10.9. The van der Waals surface area contributed by atoms with Crippen molar-refractivity contribution >= 4 is 44.6 Å². The van der Waals surface area contributed by atoms with Gasteiger partial charge in [0.15, 0.2) is 11.5 Å². The van der Waals surface area contributed by atoms with Gasteiger partial charge in [-0.15, -0.1) is 22.7 Å². The van der Waals surface area contributed by atoms with E-state index in [1.165, 1.54) is 22.7 Å². The molecule has 0 saturated heterocycles. The highest BCUT2D eigenvalue weighted by atomic mass is 79.9. The van der Waals surface area contributed by atoms with E-state index in [4.69, 9.17) is 14.6 Å². The minimum absolute atomic E-state index is 0.260. The lowest BCUT2D eigenvalue weighted by atomic mass is 10.1. The standard InChI is InChI=1S/C16H10BrNO4S2/c17-14-12-11(21-5-6-22-12)13(24-14)15-18-10(7-23-15)8-1-3-9(4-2-8)16(19)20/h1-4,7H,5-6H2,(H,19,20). The molecule has 24 heavy (non-hydrogen) atoms. The second-order valence-electron chi connectivity index (χ2n) is 4.98. The van der Waals surface area contributed by atoms with Crippen LogP contribution in [0.1, 0.15) is 10.4 Å². The normalized spacial score (nSPS) is 13.0. The van der Waals surface area contributed by atoms with Crippen molar-refractivity contribution in [1.29, 1.82) is 0 Å². The number of thiazole rings is 1. The summed E-state index contributed by atoms with van der Waals surface area (Å²) in [6, 6.07) is 6.69. The molecule has 1 aliphatic heterocycles. The summed E-state index contributed by atoms with van der Waals surface area (Å²) < 4.78 is 12.3. The van der Waals surface area contributed by atoms with Gasteiger partial charge in [0, 0.05) is 10.9 Å². The first-order valence-electron chi connectivity index (χ1n) is 7.01. The molecule has 0 fully saturated rings. The molecule has 3 heterocycles. The van der Waals surface area contributed by atoms with Crippen LogP contribution in [0.5, 0.6) is 11.5 Å². The third kappa shape index (κ3) is 2.70. The fraction of sp³-hybridized carbons (Fsp3) is 0.125. The van der Waals surface area contributed by atoms with Crippen molar-refractivity contribution in [3.05, 3.63) is 39.0 Å². The van der Waals surface area contributed by atoms with Crippen LogP contribution in [0.25, 0.3) is 21.1 Å². The van der Waals surface area contributed by atoms with Crippen LogP contribution in [-0.4, -0.2) is 29.3 Å². The molecule has 8 heteroatoms. The Morgan fingerprint density at radius 2 is 1.88 bits per heavy atom. The first kappa shape index (κ1) is 15.6. The number of aromatic nitrogens is 1. The van der Waals surface area contributed by atoms with E-state index < -0.39 is 5.97 Å². The molecule has 1 aromatic carbocycles. The molecule has 2 aromatic heterocycles. The Bertz CT molecular complexity index is 917. The molecule has 0 bridgehead atoms. The van der Waals surface area contributed by atoms with Crippen LogP contribution in [0.2, 0.25) is 0 Å². The molecule has 3 aromatic rings. The van der Waals surface area contributed by atoms with Crippen molar-refractivity contribution in [2.75, 3.05) is 13.2 Å². The van der Waals surface area contributed by atoms with Crippen molar-refractivity contribution < 1.29 is 19.4 Å². The molecule has 0 unspecified atom stereocenters. The van der Waals surface area contributed by atoms with Gasteiger partial charge in [-0.05, 0) is 28.1 Å². The van der Waals surface area contributed by atoms with Crippen LogP contribution in [-0.2, 0) is 0 Å². The van der Waals surface area contributed by atoms with Gasteiger partial charge in [-0.3, -0.25) is 0 Å². The molecular weight excluding hydrogens is 414 g/mol. The van der Waals surface area contributed by atoms with E-state index in [0.29, 0.717) is 13.2 Å². The fourth-order valence-corrected chi connectivity index (χ4v) is 4.96. The molecule has 0 amide bonds. The van der Waals surface area contributed by atoms with Crippen molar-refractivity contribution in [3.63, 3.8) is 0 Å². The minimum atomic E-state index is -0.937. The van der Waals surface area contributed by atoms with Gasteiger partial charge in [-0.1, -0.05) is 12.1 Å². The summed E-state index contributed by atoms with van der Waals surface area (Å²) in [4.78, 5) is 16.5. The first-order chi connectivity index (χ1) is 11.6. The molecule has 0 aliphatic carbocycles. The summed E-state index contributed by atoms with van der Waals surface area (Å²) in [7, 11) is 0. The molecule has 0 spiro atoms. The van der Waals surface area contributed by atoms with Crippen molar-refractivity contribution in [3.8, 4) is 32.6 Å². The Hall–Kier alpha value is -1.90. The second-order valence-corrected chi connectivity index (χ2v) is 8.18. The third-order valence-corrected chi connectivity index (χ3v) is 6.27. The van der Waals surface area contributed by atoms with Crippen LogP contribution in [0.4, 0.5) is 0 Å². The molecule has 1 N–H and O–H groups in total. The van der Waals surface area contributed by atoms with Gasteiger partial charge in [0.1, 0.15) is 26.9 Å². The molecule has 0 saturated carbocycles. The second kappa shape index (κ2) is 6.19. The first-order valence-corrected chi connectivity index (χ1v) is 9.50. The molecule has 5 nitrogen and oxygen atoms in total. The number of carboxylic acid groups (broad SMARTS) is 1. The van der Waals surface area contributed by atoms with Gasteiger partial charge in [0.05, 0.1) is 11.3 Å². The van der Waals surface area contributed by atoms with Gasteiger partial charge in [-0.25, -0.2) is 9.78 Å². The highest BCUT2D eigenvalue weighted by Gasteiger charge is 2.25. The van der Waals surface area contributed by atoms with Gasteiger partial charge < -0.3 is 14.6 Å². The van der Waals surface area contributed by atoms with Gasteiger partial charge in [-0.2, -0.15) is 0 Å². The van der Waals surface area contributed by atoms with E-state index in [0.717, 1.165) is 36.4 Å². The Morgan fingerprint density at radius 1 is 1.17 bits per heavy atom. The van der Waals surface area contributed by atoms with Gasteiger partial charge in [0.2, 0.25) is 0 Å². The Morgan fingerprint density at radius 3 is 2.58 bits per heavy atom. The van der Waals surface area contributed by atoms with Crippen LogP contribution in [0.3, 0.4) is 0 Å². The summed E-state index contributed by atoms with van der Waals surface area (Å²) in [6.07, 6.45) is 0. The predicted octanol–water partition coefficient (Wildman–Crippen LogP) is 4.77. The number of ether oxygens (including phenoxy) is 2. The third-order valence-electron chi connectivity index (χ3n) is 3.48. The van der Waals surface area contributed by atoms with Crippen LogP contribution in [0, 0.1) is 0 Å². The van der Waals surface area contributed by atoms with Crippen LogP contribution in [0.15, 0.2) is 33.4 Å². The van der Waals surface area contributed by atoms with Crippen molar-refractivity contribution in [2.24, 2.45) is 0 Å². The summed E-state index contributed by atoms with van der Waals surface area (Å²) in [6.45, 7) is 1.07. The SMILES string of the molecule is O=C(O)c1ccc(-c2csc(-c3sc(Br)c4c3OCCO4)n2)cc1. The molecule has 0 radical (unpaired) electrons. The number of carboxylic acids is 1. The lowest BCUT2D eigenvalue weighted by molar-refractivity contribution is 0.0697. The Labute approximate surface area is 153 Å². The topological polar surface area (TPSA) is 68.7 Å². The zero-order valence-corrected chi connectivity index (χ0v) is 15.3. The van der Waals surface area contributed by atoms with E-state index in [9.17, 15) is 4.79 Å². The average molecular weight is 424 g/mol. The maximum atomic E-state index is 10.9. The molecule has 0 atom stereocenters. The Kier molecular flexibility index (Phi) is 4.03. The predicted molar refractivity (Wildman–Crippen MR) is 96.5 cm³/mol. The summed E-state index contributed by atoms with van der Waals surface area (Å²) in [5.74, 6) is 0.539. The quantitative estimate of drug-likeness (QED) is 0.656. The number of carbonyl (C=O) groups is 1. The van der Waals surface area contributed by atoms with Crippen molar-refractivity contribution in [2.45, 2.75) is 0 Å². The smallest absolute Gasteiger partial charge is 0.335 e. The summed E-state index contributed by atoms with van der Waals surface area (Å²) in [5, 5.41) is 11.8. The van der Waals surface area contributed by atoms with E-state index in [1.807, 2.05) is 5.38 Å². The molecule has 4 rings (SSSR count). The van der Waals surface area contributed by atoms with Crippen molar-refractivity contribution in [1.82, 2.24) is 4.98 Å². The number of thiophene rings is 1. The summed E-state index contributed by atoms with van der Waals surface area (Å²) in [5.41, 5.74) is 1.95. The number of aromatic carboxylic acids is 1. The number of hydrogen-bond donors (Lipinski definition) is 1. The van der Waals surface area contributed by atoms with Crippen LogP contribution < -0.4 is 9.47 Å². The number of fused-ring (bicyclic) bond motifs is 1. The number of rotatable bonds is 3. The van der Waals surface area contributed by atoms with Crippen LogP contribution >= 0.6 is 38.6 Å². The summed E-state index contributed by atoms with van der Waals surface area (Å²) >= 11 is 6.56. The minimum Gasteiger partial charge on any atom is -0.484 e. The monoisotopic (exact) mass is 423 g/mol. The van der Waals surface area contributed by atoms with E-state index in [2.05, 4.69) is 20.9 Å². The number of hydrogen-bond acceptors (Lipinski definition) is 6. The molecular formula is C16H10BrNO4S2. The van der Waals surface area contributed by atoms with E-state index >= 15 is 0 Å². The van der Waals surface area contributed by atoms with Gasteiger partial charge in [0.25, 0.3) is 0 Å². The average Bonchev–Trinajstić information content (AvgIpc) is 3.20. The zero-order valence-electron chi connectivity index (χ0n) is 12.1. The largest absolute Gasteiger partial charge is 0.484 e. The van der Waals surface area contributed by atoms with E-state index in [-0.39, 0.29) is 5.56 Å². The lowest BCUT2D eigenvalue weighted by Crippen LogP contribution is -2.14. The Balaban J connectivity index is 1.69. The lowest BCUT2D eigenvalue weighted by Gasteiger charge is -2.15. The molecule has 1 aliphatic rings. The number of nitrogens with zero attached hydrogens (tertiary/aromatic N) is 1. The highest BCUT2D eigenvalue weighted by Crippen LogP contribution is 2.52. The number of halogens is 1.